The third kappa shape index (κ3) is 2.88. The number of anilines is 1. The number of amides is 1. The van der Waals surface area contributed by atoms with Gasteiger partial charge in [-0.1, -0.05) is 29.5 Å². The Morgan fingerprint density at radius 2 is 1.92 bits per heavy atom. The van der Waals surface area contributed by atoms with Gasteiger partial charge in [-0.3, -0.25) is 9.36 Å². The molecule has 0 unspecified atom stereocenters. The van der Waals surface area contributed by atoms with Crippen molar-refractivity contribution in [3.63, 3.8) is 0 Å². The summed E-state index contributed by atoms with van der Waals surface area (Å²) < 4.78 is 1.56. The molecule has 1 fully saturated rings. The molecule has 0 spiro atoms. The lowest BCUT2D eigenvalue weighted by Crippen LogP contribution is -2.29. The molecule has 0 bridgehead atoms. The van der Waals surface area contributed by atoms with Gasteiger partial charge >= 0.3 is 5.69 Å². The van der Waals surface area contributed by atoms with Gasteiger partial charge < -0.3 is 4.90 Å². The number of carbonyl (C=O) groups excluding carboxylic acids is 1. The summed E-state index contributed by atoms with van der Waals surface area (Å²) in [7, 11) is 0. The molecule has 0 radical (unpaired) electrons. The third-order valence-electron chi connectivity index (χ3n) is 4.35. The van der Waals surface area contributed by atoms with Crippen LogP contribution in [-0.2, 0) is 11.3 Å². The van der Waals surface area contributed by atoms with Crippen LogP contribution in [0.1, 0.15) is 30.0 Å². The van der Waals surface area contributed by atoms with E-state index in [2.05, 4.69) is 29.3 Å². The Morgan fingerprint density at radius 1 is 1.25 bits per heavy atom. The quantitative estimate of drug-likeness (QED) is 0.923. The van der Waals surface area contributed by atoms with E-state index in [1.807, 2.05) is 25.7 Å². The number of benzene rings is 1. The predicted molar refractivity (Wildman–Crippen MR) is 95.8 cm³/mol. The molecule has 1 aliphatic heterocycles. The largest absolute Gasteiger partial charge is 0.343 e. The first-order chi connectivity index (χ1) is 11.4. The van der Waals surface area contributed by atoms with Crippen LogP contribution in [0.4, 0.5) is 5.69 Å². The molecule has 7 heteroatoms. The highest BCUT2D eigenvalue weighted by Crippen LogP contribution is 2.35. The van der Waals surface area contributed by atoms with Crippen molar-refractivity contribution in [2.45, 2.75) is 51.1 Å². The maximum Gasteiger partial charge on any atom is 0.343 e. The summed E-state index contributed by atoms with van der Waals surface area (Å²) in [6.07, 6.45) is 0.751. The number of H-pyrrole nitrogens is 1. The van der Waals surface area contributed by atoms with Crippen molar-refractivity contribution in [2.24, 2.45) is 0 Å². The number of nitrogens with zero attached hydrogens (tertiary/aromatic N) is 3. The van der Waals surface area contributed by atoms with Crippen molar-refractivity contribution in [1.82, 2.24) is 14.8 Å². The van der Waals surface area contributed by atoms with Crippen molar-refractivity contribution >= 4 is 23.4 Å². The van der Waals surface area contributed by atoms with E-state index in [9.17, 15) is 9.59 Å². The van der Waals surface area contributed by atoms with E-state index in [-0.39, 0.29) is 16.8 Å². The Morgan fingerprint density at radius 3 is 2.54 bits per heavy atom. The molecule has 1 atom stereocenters. The smallest absolute Gasteiger partial charge is 0.311 e. The molecule has 128 valence electrons. The Hall–Kier alpha value is -2.02. The first-order valence-electron chi connectivity index (χ1n) is 8.13. The molecule has 1 aromatic heterocycles. The molecule has 1 aliphatic rings. The van der Waals surface area contributed by atoms with Gasteiger partial charge in [-0.25, -0.2) is 9.89 Å². The minimum atomic E-state index is -0.229. The van der Waals surface area contributed by atoms with E-state index < -0.39 is 0 Å². The SMILES string of the molecule is CCn1c(S[C@@H]2CCN(c3c(C)cc(C)cc3C)C2=O)n[nH]c1=O. The number of rotatable bonds is 4. The lowest BCUT2D eigenvalue weighted by atomic mass is 10.0. The molecule has 24 heavy (non-hydrogen) atoms. The van der Waals surface area contributed by atoms with Gasteiger partial charge in [0.25, 0.3) is 0 Å². The van der Waals surface area contributed by atoms with Crippen molar-refractivity contribution in [3.8, 4) is 0 Å². The zero-order chi connectivity index (χ0) is 17.4. The third-order valence-corrected chi connectivity index (χ3v) is 5.59. The molecule has 2 heterocycles. The highest BCUT2D eigenvalue weighted by molar-refractivity contribution is 8.00. The van der Waals surface area contributed by atoms with Crippen LogP contribution in [0.25, 0.3) is 0 Å². The van der Waals surface area contributed by atoms with E-state index in [1.165, 1.54) is 17.3 Å². The van der Waals surface area contributed by atoms with E-state index in [1.54, 1.807) is 4.57 Å². The Labute approximate surface area is 145 Å². The van der Waals surface area contributed by atoms with Crippen molar-refractivity contribution in [2.75, 3.05) is 11.4 Å². The van der Waals surface area contributed by atoms with Crippen LogP contribution in [0.15, 0.2) is 22.1 Å². The zero-order valence-electron chi connectivity index (χ0n) is 14.4. The van der Waals surface area contributed by atoms with Crippen LogP contribution >= 0.6 is 11.8 Å². The second-order valence-corrected chi connectivity index (χ2v) is 7.36. The lowest BCUT2D eigenvalue weighted by molar-refractivity contribution is -0.116. The number of carbonyl (C=O) groups is 1. The van der Waals surface area contributed by atoms with Gasteiger partial charge in [-0.2, -0.15) is 0 Å². The van der Waals surface area contributed by atoms with Crippen molar-refractivity contribution in [1.29, 1.82) is 0 Å². The summed E-state index contributed by atoms with van der Waals surface area (Å²) in [5, 5.41) is 6.88. The fourth-order valence-corrected chi connectivity index (χ4v) is 4.53. The van der Waals surface area contributed by atoms with Crippen LogP contribution in [0, 0.1) is 20.8 Å². The molecule has 1 N–H and O–H groups in total. The van der Waals surface area contributed by atoms with Gasteiger partial charge in [-0.05, 0) is 45.2 Å². The van der Waals surface area contributed by atoms with Crippen LogP contribution in [-0.4, -0.2) is 32.5 Å². The summed E-state index contributed by atoms with van der Waals surface area (Å²) in [6, 6.07) is 4.22. The van der Waals surface area contributed by atoms with Crippen LogP contribution < -0.4 is 10.6 Å². The number of hydrogen-bond acceptors (Lipinski definition) is 4. The Balaban J connectivity index is 1.84. The molecule has 3 rings (SSSR count). The lowest BCUT2D eigenvalue weighted by Gasteiger charge is -2.22. The van der Waals surface area contributed by atoms with E-state index in [0.29, 0.717) is 18.2 Å². The molecule has 1 amide bonds. The van der Waals surface area contributed by atoms with E-state index in [4.69, 9.17) is 0 Å². The van der Waals surface area contributed by atoms with Crippen LogP contribution in [0.2, 0.25) is 0 Å². The second-order valence-electron chi connectivity index (χ2n) is 6.19. The molecule has 6 nitrogen and oxygen atoms in total. The van der Waals surface area contributed by atoms with Crippen molar-refractivity contribution in [3.05, 3.63) is 39.3 Å². The molecule has 1 saturated heterocycles. The first kappa shape index (κ1) is 16.8. The average Bonchev–Trinajstić information content (AvgIpc) is 3.03. The fourth-order valence-electron chi connectivity index (χ4n) is 3.38. The normalized spacial score (nSPS) is 17.8. The minimum Gasteiger partial charge on any atom is -0.311 e. The van der Waals surface area contributed by atoms with Crippen molar-refractivity contribution < 1.29 is 4.79 Å². The Kier molecular flexibility index (Phi) is 4.54. The van der Waals surface area contributed by atoms with Crippen LogP contribution in [0.3, 0.4) is 0 Å². The van der Waals surface area contributed by atoms with Gasteiger partial charge in [-0.15, -0.1) is 5.10 Å². The molecule has 0 saturated carbocycles. The van der Waals surface area contributed by atoms with Gasteiger partial charge in [0.2, 0.25) is 5.91 Å². The maximum absolute atomic E-state index is 12.9. The van der Waals surface area contributed by atoms with E-state index >= 15 is 0 Å². The highest BCUT2D eigenvalue weighted by Gasteiger charge is 2.35. The monoisotopic (exact) mass is 346 g/mol. The molecular weight excluding hydrogens is 324 g/mol. The van der Waals surface area contributed by atoms with E-state index in [0.717, 1.165) is 23.2 Å². The first-order valence-corrected chi connectivity index (χ1v) is 9.01. The van der Waals surface area contributed by atoms with Gasteiger partial charge in [0.05, 0.1) is 5.25 Å². The summed E-state index contributed by atoms with van der Waals surface area (Å²) in [6.45, 7) is 9.29. The van der Waals surface area contributed by atoms with Gasteiger partial charge in [0.1, 0.15) is 0 Å². The molecule has 1 aromatic carbocycles. The number of aryl methyl sites for hydroxylation is 3. The fraction of sp³-hybridized carbons (Fsp3) is 0.471. The second kappa shape index (κ2) is 6.47. The number of nitrogens with one attached hydrogen (secondary N) is 1. The summed E-state index contributed by atoms with van der Waals surface area (Å²) in [5.74, 6) is 0.0909. The molecular formula is C17H22N4O2S. The maximum atomic E-state index is 12.9. The molecule has 2 aromatic rings. The van der Waals surface area contributed by atoms with Gasteiger partial charge in [0.15, 0.2) is 5.16 Å². The standard InChI is InChI=1S/C17H22N4O2S/c1-5-20-16(23)18-19-17(20)24-13-6-7-21(15(13)22)14-11(3)8-10(2)9-12(14)4/h8-9,13H,5-7H2,1-4H3,(H,18,23)/t13-/m1/s1. The summed E-state index contributed by atoms with van der Waals surface area (Å²) in [5.41, 5.74) is 4.24. The average molecular weight is 346 g/mol. The highest BCUT2D eigenvalue weighted by atomic mass is 32.2. The molecule has 0 aliphatic carbocycles. The number of hydrogen-bond donors (Lipinski definition) is 1. The number of thioether (sulfide) groups is 1. The number of aromatic amines is 1. The zero-order valence-corrected chi connectivity index (χ0v) is 15.2. The van der Waals surface area contributed by atoms with Crippen LogP contribution in [0.5, 0.6) is 0 Å². The summed E-state index contributed by atoms with van der Waals surface area (Å²) in [4.78, 5) is 26.4. The predicted octanol–water partition coefficient (Wildman–Crippen LogP) is 2.41. The van der Waals surface area contributed by atoms with Gasteiger partial charge in [0, 0.05) is 18.8 Å². The number of aromatic nitrogens is 3. The Bertz CT molecular complexity index is 816. The minimum absolute atomic E-state index is 0.0909. The topological polar surface area (TPSA) is 71.0 Å². The summed E-state index contributed by atoms with van der Waals surface area (Å²) >= 11 is 1.37.